The Morgan fingerprint density at radius 1 is 1.17 bits per heavy atom. The van der Waals surface area contributed by atoms with Crippen molar-refractivity contribution in [3.05, 3.63) is 54.1 Å². The zero-order chi connectivity index (χ0) is 20.6. The minimum Gasteiger partial charge on any atom is -0.495 e. The second kappa shape index (κ2) is 11.9. The maximum Gasteiger partial charge on any atom is 0.191 e. The number of methoxy groups -OCH3 is 1. The van der Waals surface area contributed by atoms with Crippen LogP contribution in [-0.2, 0) is 6.42 Å². The standard InChI is InChI=1S/C23H33N5O.HI/c1-24-23(25-15-13-18-9-11-20(12-10-18)27(2)3)26-19-14-16-28(17-19)21-7-5-6-8-22(21)29-4;/h5-12,19H,13-17H2,1-4H3,(H2,24,25,26);1H. The number of aliphatic imine (C=N–C) groups is 1. The molecule has 1 unspecified atom stereocenters. The Labute approximate surface area is 197 Å². The number of halogens is 1. The van der Waals surface area contributed by atoms with E-state index in [9.17, 15) is 0 Å². The quantitative estimate of drug-likeness (QED) is 0.331. The van der Waals surface area contributed by atoms with Gasteiger partial charge in [-0.2, -0.15) is 0 Å². The van der Waals surface area contributed by atoms with Gasteiger partial charge in [-0.15, -0.1) is 24.0 Å². The van der Waals surface area contributed by atoms with Gasteiger partial charge < -0.3 is 25.2 Å². The number of para-hydroxylation sites is 2. The van der Waals surface area contributed by atoms with Crippen molar-refractivity contribution < 1.29 is 4.74 Å². The number of benzene rings is 2. The van der Waals surface area contributed by atoms with Gasteiger partial charge in [0.2, 0.25) is 0 Å². The van der Waals surface area contributed by atoms with E-state index in [1.54, 1.807) is 7.11 Å². The molecule has 1 heterocycles. The van der Waals surface area contributed by atoms with E-state index in [2.05, 4.69) is 75.9 Å². The van der Waals surface area contributed by atoms with Gasteiger partial charge in [-0.1, -0.05) is 24.3 Å². The summed E-state index contributed by atoms with van der Waals surface area (Å²) in [5.74, 6) is 1.79. The lowest BCUT2D eigenvalue weighted by atomic mass is 10.1. The fourth-order valence-electron chi connectivity index (χ4n) is 3.66. The molecule has 1 fully saturated rings. The van der Waals surface area contributed by atoms with Crippen LogP contribution in [0.1, 0.15) is 12.0 Å². The van der Waals surface area contributed by atoms with Gasteiger partial charge in [0.05, 0.1) is 12.8 Å². The summed E-state index contributed by atoms with van der Waals surface area (Å²) in [7, 11) is 7.67. The van der Waals surface area contributed by atoms with Gasteiger partial charge in [0.25, 0.3) is 0 Å². The molecule has 0 amide bonds. The van der Waals surface area contributed by atoms with Crippen molar-refractivity contribution >= 4 is 41.3 Å². The Kier molecular flexibility index (Phi) is 9.55. The third-order valence-electron chi connectivity index (χ3n) is 5.34. The Hall–Kier alpha value is -2.16. The molecule has 7 heteroatoms. The van der Waals surface area contributed by atoms with Crippen LogP contribution in [-0.4, -0.2) is 59.9 Å². The van der Waals surface area contributed by atoms with Crippen LogP contribution in [0.15, 0.2) is 53.5 Å². The molecular weight excluding hydrogens is 489 g/mol. The molecule has 2 N–H and O–H groups in total. The molecule has 0 bridgehead atoms. The molecule has 1 saturated heterocycles. The molecule has 0 saturated carbocycles. The highest BCUT2D eigenvalue weighted by Crippen LogP contribution is 2.30. The smallest absolute Gasteiger partial charge is 0.191 e. The van der Waals surface area contributed by atoms with Crippen molar-refractivity contribution in [2.24, 2.45) is 4.99 Å². The van der Waals surface area contributed by atoms with Gasteiger partial charge in [-0.25, -0.2) is 0 Å². The average molecular weight is 523 g/mol. The van der Waals surface area contributed by atoms with Gasteiger partial charge in [-0.3, -0.25) is 4.99 Å². The summed E-state index contributed by atoms with van der Waals surface area (Å²) in [6.45, 7) is 2.80. The highest BCUT2D eigenvalue weighted by Gasteiger charge is 2.25. The number of ether oxygens (including phenoxy) is 1. The summed E-state index contributed by atoms with van der Waals surface area (Å²) >= 11 is 0. The molecule has 6 nitrogen and oxygen atoms in total. The largest absolute Gasteiger partial charge is 0.495 e. The van der Waals surface area contributed by atoms with Gasteiger partial charge in [-0.05, 0) is 42.7 Å². The maximum atomic E-state index is 5.51. The predicted octanol–water partition coefficient (Wildman–Crippen LogP) is 3.37. The summed E-state index contributed by atoms with van der Waals surface area (Å²) < 4.78 is 5.51. The lowest BCUT2D eigenvalue weighted by Gasteiger charge is -2.22. The fraction of sp³-hybridized carbons (Fsp3) is 0.435. The lowest BCUT2D eigenvalue weighted by Crippen LogP contribution is -2.45. The Morgan fingerprint density at radius 3 is 2.57 bits per heavy atom. The van der Waals surface area contributed by atoms with Crippen LogP contribution >= 0.6 is 24.0 Å². The summed E-state index contributed by atoms with van der Waals surface area (Å²) in [6.07, 6.45) is 2.04. The van der Waals surface area contributed by atoms with Crippen LogP contribution in [0.25, 0.3) is 0 Å². The molecule has 1 aliphatic heterocycles. The minimum atomic E-state index is 0. The monoisotopic (exact) mass is 523 g/mol. The maximum absolute atomic E-state index is 5.51. The van der Waals surface area contributed by atoms with E-state index >= 15 is 0 Å². The number of hydrogen-bond acceptors (Lipinski definition) is 4. The fourth-order valence-corrected chi connectivity index (χ4v) is 3.66. The zero-order valence-corrected chi connectivity index (χ0v) is 20.7. The second-order valence-corrected chi connectivity index (χ2v) is 7.56. The number of guanidine groups is 1. The Morgan fingerprint density at radius 2 is 1.90 bits per heavy atom. The Balaban J connectivity index is 0.00000320. The van der Waals surface area contributed by atoms with Crippen LogP contribution in [0, 0.1) is 0 Å². The van der Waals surface area contributed by atoms with Crippen molar-refractivity contribution in [2.75, 3.05) is 57.7 Å². The molecule has 0 aliphatic carbocycles. The first kappa shape index (κ1) is 24.1. The number of nitrogens with one attached hydrogen (secondary N) is 2. The normalized spacial score (nSPS) is 16.1. The van der Waals surface area contributed by atoms with Gasteiger partial charge in [0.1, 0.15) is 5.75 Å². The Bertz CT molecular complexity index is 809. The summed E-state index contributed by atoms with van der Waals surface area (Å²) in [6, 6.07) is 17.3. The topological polar surface area (TPSA) is 52.1 Å². The first-order valence-corrected chi connectivity index (χ1v) is 10.2. The minimum absolute atomic E-state index is 0. The highest BCUT2D eigenvalue weighted by atomic mass is 127. The van der Waals surface area contributed by atoms with E-state index in [1.165, 1.54) is 11.3 Å². The van der Waals surface area contributed by atoms with Crippen LogP contribution in [0.5, 0.6) is 5.75 Å². The average Bonchev–Trinajstić information content (AvgIpc) is 3.21. The second-order valence-electron chi connectivity index (χ2n) is 7.56. The SMILES string of the molecule is CN=C(NCCc1ccc(N(C)C)cc1)NC1CCN(c2ccccc2OC)C1.I. The molecule has 30 heavy (non-hydrogen) atoms. The van der Waals surface area contributed by atoms with E-state index in [0.717, 1.165) is 49.9 Å². The van der Waals surface area contributed by atoms with Crippen molar-refractivity contribution in [2.45, 2.75) is 18.9 Å². The van der Waals surface area contributed by atoms with Gasteiger partial charge in [0, 0.05) is 52.5 Å². The van der Waals surface area contributed by atoms with Crippen LogP contribution < -0.4 is 25.2 Å². The summed E-state index contributed by atoms with van der Waals surface area (Å²) in [5.41, 5.74) is 3.70. The van der Waals surface area contributed by atoms with Crippen LogP contribution in [0.3, 0.4) is 0 Å². The zero-order valence-electron chi connectivity index (χ0n) is 18.4. The molecule has 3 rings (SSSR count). The van der Waals surface area contributed by atoms with E-state index in [4.69, 9.17) is 4.74 Å². The first-order valence-electron chi connectivity index (χ1n) is 10.2. The third-order valence-corrected chi connectivity index (χ3v) is 5.34. The molecule has 1 aliphatic rings. The molecule has 1 atom stereocenters. The van der Waals surface area contributed by atoms with E-state index in [0.29, 0.717) is 6.04 Å². The van der Waals surface area contributed by atoms with Crippen molar-refractivity contribution in [1.29, 1.82) is 0 Å². The van der Waals surface area contributed by atoms with Gasteiger partial charge >= 0.3 is 0 Å². The molecule has 0 radical (unpaired) electrons. The van der Waals surface area contributed by atoms with E-state index in [-0.39, 0.29) is 24.0 Å². The van der Waals surface area contributed by atoms with Crippen molar-refractivity contribution in [3.8, 4) is 5.75 Å². The number of anilines is 2. The van der Waals surface area contributed by atoms with Crippen molar-refractivity contribution in [1.82, 2.24) is 10.6 Å². The van der Waals surface area contributed by atoms with E-state index < -0.39 is 0 Å². The molecule has 2 aromatic carbocycles. The number of hydrogen-bond donors (Lipinski definition) is 2. The number of nitrogens with zero attached hydrogens (tertiary/aromatic N) is 3. The summed E-state index contributed by atoms with van der Waals surface area (Å²) in [4.78, 5) is 8.88. The van der Waals surface area contributed by atoms with Crippen LogP contribution in [0.4, 0.5) is 11.4 Å². The molecule has 0 aromatic heterocycles. The number of rotatable bonds is 7. The lowest BCUT2D eigenvalue weighted by molar-refractivity contribution is 0.415. The predicted molar refractivity (Wildman–Crippen MR) is 138 cm³/mol. The molecule has 2 aromatic rings. The van der Waals surface area contributed by atoms with E-state index in [1.807, 2.05) is 19.2 Å². The highest BCUT2D eigenvalue weighted by molar-refractivity contribution is 14.0. The third kappa shape index (κ3) is 6.42. The molecule has 0 spiro atoms. The van der Waals surface area contributed by atoms with Gasteiger partial charge in [0.15, 0.2) is 5.96 Å². The summed E-state index contributed by atoms with van der Waals surface area (Å²) in [5, 5.41) is 7.01. The molecule has 164 valence electrons. The molecular formula is C23H34IN5O. The van der Waals surface area contributed by atoms with Crippen molar-refractivity contribution in [3.63, 3.8) is 0 Å². The van der Waals surface area contributed by atoms with Crippen LogP contribution in [0.2, 0.25) is 0 Å². The first-order chi connectivity index (χ1) is 14.1.